The average molecular weight is 187 g/mol. The number of hydrogen-bond donors (Lipinski definition) is 0. The topological polar surface area (TPSA) is 92.4 Å². The normalized spacial score (nSPS) is 9.43. The van der Waals surface area contributed by atoms with Gasteiger partial charge >= 0.3 is 0 Å². The maximum absolute atomic E-state index is 8.19. The molecule has 7 nitrogen and oxygen atoms in total. The molecule has 1 aromatic heterocycles. The second-order valence-electron chi connectivity index (χ2n) is 2.46. The molecular formula is C7H5N7. The number of hydrogen-bond acceptors (Lipinski definition) is 4. The van der Waals surface area contributed by atoms with Gasteiger partial charge in [-0.15, -0.1) is 5.10 Å². The van der Waals surface area contributed by atoms with Crippen LogP contribution in [0.1, 0.15) is 0 Å². The minimum absolute atomic E-state index is 0.560. The van der Waals surface area contributed by atoms with Gasteiger partial charge in [-0.1, -0.05) is 17.2 Å². The van der Waals surface area contributed by atoms with Crippen LogP contribution < -0.4 is 0 Å². The van der Waals surface area contributed by atoms with Crippen LogP contribution in [0, 0.1) is 0 Å². The van der Waals surface area contributed by atoms with Crippen LogP contribution in [0.25, 0.3) is 16.1 Å². The van der Waals surface area contributed by atoms with Gasteiger partial charge in [-0.3, -0.25) is 0 Å². The van der Waals surface area contributed by atoms with Crippen LogP contribution in [-0.2, 0) is 0 Å². The summed E-state index contributed by atoms with van der Waals surface area (Å²) in [4.78, 5) is 2.68. The molecule has 1 heterocycles. The lowest BCUT2D eigenvalue weighted by Crippen LogP contribution is -1.93. The number of benzene rings is 1. The van der Waals surface area contributed by atoms with E-state index in [0.29, 0.717) is 5.69 Å². The van der Waals surface area contributed by atoms with Gasteiger partial charge in [0.1, 0.15) is 6.33 Å². The van der Waals surface area contributed by atoms with Gasteiger partial charge in [-0.2, -0.15) is 0 Å². The van der Waals surface area contributed by atoms with Gasteiger partial charge in [0.25, 0.3) is 0 Å². The van der Waals surface area contributed by atoms with E-state index >= 15 is 0 Å². The fourth-order valence-corrected chi connectivity index (χ4v) is 1.00. The van der Waals surface area contributed by atoms with E-state index in [1.807, 2.05) is 0 Å². The predicted molar refractivity (Wildman–Crippen MR) is 48.0 cm³/mol. The van der Waals surface area contributed by atoms with Gasteiger partial charge in [0, 0.05) is 10.6 Å². The van der Waals surface area contributed by atoms with E-state index in [0.717, 1.165) is 5.69 Å². The maximum Gasteiger partial charge on any atom is 0.143 e. The van der Waals surface area contributed by atoms with Crippen molar-refractivity contribution >= 4 is 5.69 Å². The molecule has 0 N–H and O–H groups in total. The summed E-state index contributed by atoms with van der Waals surface area (Å²) >= 11 is 0. The van der Waals surface area contributed by atoms with Crippen molar-refractivity contribution in [3.63, 3.8) is 0 Å². The van der Waals surface area contributed by atoms with E-state index in [-0.39, 0.29) is 0 Å². The third-order valence-corrected chi connectivity index (χ3v) is 1.62. The molecule has 0 radical (unpaired) electrons. The van der Waals surface area contributed by atoms with Gasteiger partial charge in [-0.05, 0) is 28.1 Å². The second kappa shape index (κ2) is 3.55. The summed E-state index contributed by atoms with van der Waals surface area (Å²) in [5.41, 5.74) is 9.57. The Morgan fingerprint density at radius 1 is 1.29 bits per heavy atom. The molecule has 0 amide bonds. The van der Waals surface area contributed by atoms with Crippen molar-refractivity contribution < 1.29 is 0 Å². The van der Waals surface area contributed by atoms with Crippen molar-refractivity contribution in [3.05, 3.63) is 41.0 Å². The molecule has 14 heavy (non-hydrogen) atoms. The van der Waals surface area contributed by atoms with E-state index in [2.05, 4.69) is 25.6 Å². The van der Waals surface area contributed by atoms with Crippen LogP contribution in [0.5, 0.6) is 0 Å². The van der Waals surface area contributed by atoms with E-state index in [4.69, 9.17) is 5.53 Å². The lowest BCUT2D eigenvalue weighted by atomic mass is 10.3. The fourth-order valence-electron chi connectivity index (χ4n) is 1.00. The summed E-state index contributed by atoms with van der Waals surface area (Å²) in [7, 11) is 0. The third-order valence-electron chi connectivity index (χ3n) is 1.62. The standard InChI is InChI=1S/C7H5N7/c8-11-10-6-1-3-7(4-2-6)14-5-9-12-13-14/h1-5H. The van der Waals surface area contributed by atoms with Crippen LogP contribution in [0.15, 0.2) is 35.7 Å². The highest BCUT2D eigenvalue weighted by Crippen LogP contribution is 2.14. The summed E-state index contributed by atoms with van der Waals surface area (Å²) < 4.78 is 1.51. The van der Waals surface area contributed by atoms with Crippen molar-refractivity contribution in [2.24, 2.45) is 5.11 Å². The minimum atomic E-state index is 0.560. The second-order valence-corrected chi connectivity index (χ2v) is 2.46. The Morgan fingerprint density at radius 2 is 2.07 bits per heavy atom. The highest BCUT2D eigenvalue weighted by molar-refractivity contribution is 5.43. The summed E-state index contributed by atoms with van der Waals surface area (Å²) in [6, 6.07) is 6.91. The number of aromatic nitrogens is 4. The third kappa shape index (κ3) is 1.52. The lowest BCUT2D eigenvalue weighted by molar-refractivity contribution is 0.789. The van der Waals surface area contributed by atoms with Gasteiger partial charge in [-0.25, -0.2) is 4.68 Å². The molecule has 0 atom stereocenters. The molecule has 0 aliphatic carbocycles. The molecule has 0 unspecified atom stereocenters. The van der Waals surface area contributed by atoms with Gasteiger partial charge in [0.2, 0.25) is 0 Å². The Bertz CT molecular complexity index is 451. The van der Waals surface area contributed by atoms with Gasteiger partial charge < -0.3 is 0 Å². The SMILES string of the molecule is [N-]=[N+]=Nc1ccc(-n2cnnn2)cc1. The summed E-state index contributed by atoms with van der Waals surface area (Å²) in [5, 5.41) is 14.2. The molecule has 2 aromatic rings. The average Bonchev–Trinajstić information content (AvgIpc) is 2.72. The van der Waals surface area contributed by atoms with E-state index in [9.17, 15) is 0 Å². The highest BCUT2D eigenvalue weighted by atomic mass is 15.5. The van der Waals surface area contributed by atoms with Gasteiger partial charge in [0.15, 0.2) is 0 Å². The first-order valence-corrected chi connectivity index (χ1v) is 3.78. The van der Waals surface area contributed by atoms with Crippen LogP contribution >= 0.6 is 0 Å². The van der Waals surface area contributed by atoms with Crippen LogP contribution in [0.4, 0.5) is 5.69 Å². The molecule has 2 rings (SSSR count). The maximum atomic E-state index is 8.19. The van der Waals surface area contributed by atoms with Crippen LogP contribution in [0.2, 0.25) is 0 Å². The molecule has 0 saturated heterocycles. The first-order valence-electron chi connectivity index (χ1n) is 3.78. The number of azide groups is 1. The van der Waals surface area contributed by atoms with Crippen molar-refractivity contribution in [3.8, 4) is 5.69 Å². The van der Waals surface area contributed by atoms with Gasteiger partial charge in [0.05, 0.1) is 5.69 Å². The van der Waals surface area contributed by atoms with Crippen molar-refractivity contribution in [1.82, 2.24) is 20.2 Å². The molecular weight excluding hydrogens is 182 g/mol. The number of nitrogens with zero attached hydrogens (tertiary/aromatic N) is 7. The lowest BCUT2D eigenvalue weighted by Gasteiger charge is -1.97. The molecule has 0 spiro atoms. The van der Waals surface area contributed by atoms with Crippen molar-refractivity contribution in [2.75, 3.05) is 0 Å². The number of tetrazole rings is 1. The Balaban J connectivity index is 2.35. The summed E-state index contributed by atoms with van der Waals surface area (Å²) in [6.07, 6.45) is 1.49. The Labute approximate surface area is 78.6 Å². The zero-order valence-corrected chi connectivity index (χ0v) is 7.02. The molecule has 1 aromatic carbocycles. The smallest absolute Gasteiger partial charge is 0.143 e. The fraction of sp³-hybridized carbons (Fsp3) is 0. The zero-order chi connectivity index (χ0) is 9.80. The number of rotatable bonds is 2. The van der Waals surface area contributed by atoms with Crippen LogP contribution in [-0.4, -0.2) is 20.2 Å². The zero-order valence-electron chi connectivity index (χ0n) is 7.02. The Hall–Kier alpha value is -2.40. The predicted octanol–water partition coefficient (Wildman–Crippen LogP) is 1.60. The van der Waals surface area contributed by atoms with E-state index < -0.39 is 0 Å². The van der Waals surface area contributed by atoms with E-state index in [1.54, 1.807) is 24.3 Å². The first kappa shape index (κ1) is 8.21. The molecule has 0 saturated carbocycles. The molecule has 7 heteroatoms. The quantitative estimate of drug-likeness (QED) is 0.406. The molecule has 68 valence electrons. The monoisotopic (exact) mass is 187 g/mol. The first-order chi connectivity index (χ1) is 6.90. The Morgan fingerprint density at radius 3 is 2.64 bits per heavy atom. The van der Waals surface area contributed by atoms with Crippen LogP contribution in [0.3, 0.4) is 0 Å². The molecule has 0 aliphatic rings. The van der Waals surface area contributed by atoms with E-state index in [1.165, 1.54) is 11.0 Å². The summed E-state index contributed by atoms with van der Waals surface area (Å²) in [5.74, 6) is 0. The summed E-state index contributed by atoms with van der Waals surface area (Å²) in [6.45, 7) is 0. The van der Waals surface area contributed by atoms with Crippen molar-refractivity contribution in [2.45, 2.75) is 0 Å². The molecule has 0 bridgehead atoms. The van der Waals surface area contributed by atoms with Crippen molar-refractivity contribution in [1.29, 1.82) is 0 Å². The molecule has 0 aliphatic heterocycles. The Kier molecular flexibility index (Phi) is 2.08. The largest absolute Gasteiger partial charge is 0.201 e. The molecule has 0 fully saturated rings. The minimum Gasteiger partial charge on any atom is -0.201 e. The highest BCUT2D eigenvalue weighted by Gasteiger charge is 1.96.